The molecule has 0 bridgehead atoms. The van der Waals surface area contributed by atoms with Crippen LogP contribution in [0, 0.1) is 15.5 Å². The summed E-state index contributed by atoms with van der Waals surface area (Å²) in [5, 5.41) is 16.1. The van der Waals surface area contributed by atoms with Gasteiger partial charge in [-0.2, -0.15) is 0 Å². The highest BCUT2D eigenvalue weighted by molar-refractivity contribution is 7.90. The van der Waals surface area contributed by atoms with Gasteiger partial charge >= 0.3 is 0 Å². The number of fused-ring (bicyclic) bond motifs is 2. The molecule has 10 rings (SSSR count). The summed E-state index contributed by atoms with van der Waals surface area (Å²) >= 11 is 0. The number of pyridine rings is 1. The zero-order valence-corrected chi connectivity index (χ0v) is 35.4. The molecule has 5 aliphatic rings. The van der Waals surface area contributed by atoms with Crippen molar-refractivity contribution in [1.29, 1.82) is 0 Å². The number of nitrogens with zero attached hydrogens (tertiary/aromatic N) is 4. The van der Waals surface area contributed by atoms with Gasteiger partial charge in [0.05, 0.1) is 47.4 Å². The Balaban J connectivity index is 0.870. The molecule has 324 valence electrons. The highest BCUT2D eigenvalue weighted by Crippen LogP contribution is 2.54. The number of nitrogens with one attached hydrogen (secondary N) is 3. The lowest BCUT2D eigenvalue weighted by Crippen LogP contribution is -2.66. The summed E-state index contributed by atoms with van der Waals surface area (Å²) in [6.07, 6.45) is 7.51. The van der Waals surface area contributed by atoms with Gasteiger partial charge in [-0.05, 0) is 73.5 Å². The molecule has 0 unspecified atom stereocenters. The fourth-order valence-corrected chi connectivity index (χ4v) is 11.1. The molecular formula is C45H49N7O9S. The first kappa shape index (κ1) is 40.3. The molecule has 5 aromatic rings. The molecule has 17 heteroatoms. The Hall–Kier alpha value is -5.75. The molecule has 3 atom stereocenters. The van der Waals surface area contributed by atoms with E-state index in [0.29, 0.717) is 42.6 Å². The van der Waals surface area contributed by atoms with Crippen molar-refractivity contribution in [2.24, 2.45) is 5.41 Å². The third kappa shape index (κ3) is 7.50. The van der Waals surface area contributed by atoms with E-state index in [0.717, 1.165) is 55.7 Å². The SMILES string of the molecule is CC(C)c1ccccc1[C@@H]1CCCN1C1CC2(C1)CN(c1ccc(C(=O)NS(=O)(=O)c3cc4c(c([N+](=O)[O-])c3)N[C@H]([C@H]3COCCO3)CO4)c(Oc3cnc4[nH]ccc4c3)c1)C2. The molecule has 2 aromatic heterocycles. The lowest BCUT2D eigenvalue weighted by atomic mass is 9.60. The number of carbonyl (C=O) groups excluding carboxylic acids is 1. The Morgan fingerprint density at radius 3 is 2.69 bits per heavy atom. The molecule has 4 aliphatic heterocycles. The number of likely N-dealkylation sites (tertiary alicyclic amines) is 1. The quantitative estimate of drug-likeness (QED) is 0.0919. The molecule has 3 aromatic carbocycles. The number of hydrogen-bond donors (Lipinski definition) is 3. The van der Waals surface area contributed by atoms with E-state index in [1.807, 2.05) is 6.07 Å². The molecule has 0 radical (unpaired) electrons. The minimum atomic E-state index is -4.66. The van der Waals surface area contributed by atoms with Crippen molar-refractivity contribution in [1.82, 2.24) is 19.6 Å². The van der Waals surface area contributed by atoms with Crippen LogP contribution in [-0.4, -0.2) is 98.4 Å². The lowest BCUT2D eigenvalue weighted by molar-refractivity contribution is -0.384. The zero-order valence-electron chi connectivity index (χ0n) is 34.5. The van der Waals surface area contributed by atoms with Crippen LogP contribution in [0.15, 0.2) is 84.0 Å². The number of aromatic nitrogens is 2. The number of carbonyl (C=O) groups is 1. The molecule has 3 N–H and O–H groups in total. The third-order valence-electron chi connectivity index (χ3n) is 13.1. The summed E-state index contributed by atoms with van der Waals surface area (Å²) in [7, 11) is -4.66. The Morgan fingerprint density at radius 1 is 1.06 bits per heavy atom. The summed E-state index contributed by atoms with van der Waals surface area (Å²) in [6.45, 7) is 8.52. The second-order valence-electron chi connectivity index (χ2n) is 17.5. The summed E-state index contributed by atoms with van der Waals surface area (Å²) in [4.78, 5) is 37.5. The van der Waals surface area contributed by atoms with Crippen molar-refractivity contribution in [2.75, 3.05) is 56.3 Å². The van der Waals surface area contributed by atoms with Gasteiger partial charge in [0, 0.05) is 66.1 Å². The number of nitro benzene ring substituents is 1. The number of H-pyrrole nitrogens is 1. The van der Waals surface area contributed by atoms with Gasteiger partial charge in [-0.1, -0.05) is 38.1 Å². The van der Waals surface area contributed by atoms with E-state index in [1.165, 1.54) is 30.2 Å². The number of hydrogen-bond acceptors (Lipinski definition) is 13. The molecule has 1 amide bonds. The second-order valence-corrected chi connectivity index (χ2v) is 19.2. The predicted molar refractivity (Wildman–Crippen MR) is 231 cm³/mol. The number of rotatable bonds is 11. The average Bonchev–Trinajstić information content (AvgIpc) is 3.92. The van der Waals surface area contributed by atoms with Crippen LogP contribution < -0.4 is 24.4 Å². The molecule has 1 aliphatic carbocycles. The van der Waals surface area contributed by atoms with Crippen LogP contribution in [0.2, 0.25) is 0 Å². The van der Waals surface area contributed by atoms with Crippen LogP contribution in [-0.2, 0) is 19.5 Å². The topological polar surface area (TPSA) is 190 Å². The first-order chi connectivity index (χ1) is 29.9. The van der Waals surface area contributed by atoms with Gasteiger partial charge < -0.3 is 34.1 Å². The summed E-state index contributed by atoms with van der Waals surface area (Å²) in [5.41, 5.74) is 4.06. The minimum absolute atomic E-state index is 0.0165. The van der Waals surface area contributed by atoms with Crippen LogP contribution in [0.4, 0.5) is 17.1 Å². The van der Waals surface area contributed by atoms with E-state index in [4.69, 9.17) is 18.9 Å². The normalized spacial score (nSPS) is 22.4. The number of amides is 1. The predicted octanol–water partition coefficient (Wildman–Crippen LogP) is 6.90. The van der Waals surface area contributed by atoms with Crippen molar-refractivity contribution in [3.8, 4) is 17.2 Å². The number of aromatic amines is 1. The number of benzene rings is 3. The second kappa shape index (κ2) is 15.9. The number of nitro groups is 1. The Morgan fingerprint density at radius 2 is 1.90 bits per heavy atom. The Bertz CT molecular complexity index is 2650. The van der Waals surface area contributed by atoms with E-state index in [1.54, 1.807) is 30.5 Å². The standard InChI is InChI=1S/C45H49N7O9S/c1-27(2)33-6-3-4-7-34(33)37-8-5-13-51(37)30-20-45(21-30)25-50(26-45)29-9-10-35(39(17-29)61-31-16-28-11-12-46-43(28)47-22-31)44(53)49-62(56,57)32-18-38(52(54)55)42-40(19-32)60-23-36(48-42)41-24-58-14-15-59-41/h3-4,6-7,9-12,16-19,22,27,30,36-37,41,48H,5,8,13-15,20-21,23-26H2,1-2H3,(H,46,47)(H,49,53)/t36-,37-,41+/m0/s1. The lowest BCUT2D eigenvalue weighted by Gasteiger charge is -2.62. The van der Waals surface area contributed by atoms with Crippen molar-refractivity contribution >= 4 is 44.0 Å². The number of anilines is 2. The highest BCUT2D eigenvalue weighted by Gasteiger charge is 2.55. The van der Waals surface area contributed by atoms with Crippen LogP contribution in [0.3, 0.4) is 0 Å². The first-order valence-electron chi connectivity index (χ1n) is 21.3. The third-order valence-corrected chi connectivity index (χ3v) is 14.4. The maximum Gasteiger partial charge on any atom is 0.297 e. The average molecular weight is 864 g/mol. The fraction of sp³-hybridized carbons (Fsp3) is 0.422. The van der Waals surface area contributed by atoms with E-state index in [9.17, 15) is 23.3 Å². The van der Waals surface area contributed by atoms with Crippen LogP contribution in [0.25, 0.3) is 11.0 Å². The van der Waals surface area contributed by atoms with E-state index in [-0.39, 0.29) is 41.4 Å². The van der Waals surface area contributed by atoms with Gasteiger partial charge in [0.2, 0.25) is 0 Å². The van der Waals surface area contributed by atoms with Gasteiger partial charge in [-0.3, -0.25) is 19.8 Å². The van der Waals surface area contributed by atoms with Crippen LogP contribution in [0.1, 0.15) is 73.0 Å². The molecule has 3 saturated heterocycles. The first-order valence-corrected chi connectivity index (χ1v) is 22.7. The summed E-state index contributed by atoms with van der Waals surface area (Å²) < 4.78 is 53.2. The van der Waals surface area contributed by atoms with Crippen molar-refractivity contribution in [3.05, 3.63) is 106 Å². The van der Waals surface area contributed by atoms with Crippen molar-refractivity contribution < 1.29 is 37.1 Å². The van der Waals surface area contributed by atoms with Crippen molar-refractivity contribution in [3.63, 3.8) is 0 Å². The van der Waals surface area contributed by atoms with Gasteiger partial charge in [-0.25, -0.2) is 18.1 Å². The van der Waals surface area contributed by atoms with E-state index in [2.05, 4.69) is 67.9 Å². The molecule has 1 spiro atoms. The highest BCUT2D eigenvalue weighted by atomic mass is 32.2. The zero-order chi connectivity index (χ0) is 42.8. The Labute approximate surface area is 359 Å². The van der Waals surface area contributed by atoms with E-state index < -0.39 is 43.6 Å². The fourth-order valence-electron chi connectivity index (χ4n) is 10.1. The molecule has 1 saturated carbocycles. The van der Waals surface area contributed by atoms with Gasteiger partial charge in [0.15, 0.2) is 11.4 Å². The molecule has 16 nitrogen and oxygen atoms in total. The maximum absolute atomic E-state index is 14.0. The molecule has 62 heavy (non-hydrogen) atoms. The number of ether oxygens (including phenoxy) is 4. The number of sulfonamides is 1. The van der Waals surface area contributed by atoms with Crippen LogP contribution in [0.5, 0.6) is 17.2 Å². The van der Waals surface area contributed by atoms with Gasteiger partial charge in [-0.15, -0.1) is 0 Å². The smallest absolute Gasteiger partial charge is 0.297 e. The minimum Gasteiger partial charge on any atom is -0.489 e. The largest absolute Gasteiger partial charge is 0.489 e. The molecule has 4 fully saturated rings. The van der Waals surface area contributed by atoms with Gasteiger partial charge in [0.1, 0.15) is 29.9 Å². The Kier molecular flexibility index (Phi) is 10.3. The van der Waals surface area contributed by atoms with Gasteiger partial charge in [0.25, 0.3) is 21.6 Å². The molecule has 6 heterocycles. The van der Waals surface area contributed by atoms with E-state index >= 15 is 0 Å². The monoisotopic (exact) mass is 863 g/mol. The van der Waals surface area contributed by atoms with Crippen molar-refractivity contribution in [2.45, 2.75) is 74.6 Å². The maximum atomic E-state index is 14.0. The summed E-state index contributed by atoms with van der Waals surface area (Å²) in [6, 6.07) is 20.2. The summed E-state index contributed by atoms with van der Waals surface area (Å²) in [5.74, 6) is -0.0545. The molecular weight excluding hydrogens is 815 g/mol. The van der Waals surface area contributed by atoms with Crippen LogP contribution >= 0.6 is 0 Å².